The van der Waals surface area contributed by atoms with Gasteiger partial charge in [-0.2, -0.15) is 4.31 Å². The lowest BCUT2D eigenvalue weighted by Gasteiger charge is -2.28. The molecule has 0 bridgehead atoms. The first kappa shape index (κ1) is 21.7. The van der Waals surface area contributed by atoms with Crippen LogP contribution in [0.3, 0.4) is 0 Å². The molecule has 33 heavy (non-hydrogen) atoms. The lowest BCUT2D eigenvalue weighted by atomic mass is 9.93. The van der Waals surface area contributed by atoms with Gasteiger partial charge in [0, 0.05) is 24.7 Å². The van der Waals surface area contributed by atoms with Gasteiger partial charge in [0.2, 0.25) is 15.9 Å². The quantitative estimate of drug-likeness (QED) is 0.635. The molecule has 2 atom stereocenters. The Balaban J connectivity index is 1.47. The summed E-state index contributed by atoms with van der Waals surface area (Å²) in [5.41, 5.74) is 3.71. The molecule has 0 aromatic heterocycles. The minimum absolute atomic E-state index is 0.0826. The third-order valence-electron chi connectivity index (χ3n) is 6.62. The van der Waals surface area contributed by atoms with E-state index in [4.69, 9.17) is 0 Å². The predicted molar refractivity (Wildman–Crippen MR) is 127 cm³/mol. The van der Waals surface area contributed by atoms with Crippen molar-refractivity contribution in [2.45, 2.75) is 36.6 Å². The molecule has 2 heterocycles. The maximum absolute atomic E-state index is 13.8. The minimum Gasteiger partial charge on any atom is -0.508 e. The van der Waals surface area contributed by atoms with Crippen LogP contribution in [0.2, 0.25) is 0 Å². The Labute approximate surface area is 194 Å². The van der Waals surface area contributed by atoms with Crippen LogP contribution < -0.4 is 4.90 Å². The number of amides is 1. The molecule has 7 heteroatoms. The van der Waals surface area contributed by atoms with Crippen LogP contribution in [0.25, 0.3) is 0 Å². The molecule has 0 radical (unpaired) electrons. The molecule has 1 N–H and O–H groups in total. The molecule has 1 fully saturated rings. The van der Waals surface area contributed by atoms with E-state index in [1.165, 1.54) is 4.31 Å². The van der Waals surface area contributed by atoms with Gasteiger partial charge in [-0.05, 0) is 61.2 Å². The number of hydrogen-bond donors (Lipinski definition) is 1. The Kier molecular flexibility index (Phi) is 5.46. The SMILES string of the molecule is Cc1ccc(S(=O)(=O)N2CCC[C@@H]2C(=O)N2CC(c3cccc(O)c3)c3ccccc32)cc1. The molecule has 0 aliphatic carbocycles. The van der Waals surface area contributed by atoms with Gasteiger partial charge < -0.3 is 10.0 Å². The highest BCUT2D eigenvalue weighted by molar-refractivity contribution is 7.89. The highest BCUT2D eigenvalue weighted by atomic mass is 32.2. The largest absolute Gasteiger partial charge is 0.508 e. The zero-order chi connectivity index (χ0) is 23.2. The fraction of sp³-hybridized carbons (Fsp3) is 0.269. The first-order valence-corrected chi connectivity index (χ1v) is 12.6. The average Bonchev–Trinajstić information content (AvgIpc) is 3.45. The molecular weight excluding hydrogens is 436 g/mol. The van der Waals surface area contributed by atoms with Crippen molar-refractivity contribution in [1.29, 1.82) is 0 Å². The number of fused-ring (bicyclic) bond motifs is 1. The first-order valence-electron chi connectivity index (χ1n) is 11.1. The van der Waals surface area contributed by atoms with Gasteiger partial charge in [0.05, 0.1) is 4.90 Å². The van der Waals surface area contributed by atoms with Crippen molar-refractivity contribution in [2.75, 3.05) is 18.0 Å². The number of anilines is 1. The molecule has 1 amide bonds. The number of aromatic hydroxyl groups is 1. The summed E-state index contributed by atoms with van der Waals surface area (Å²) in [6.45, 7) is 2.65. The molecule has 0 spiro atoms. The van der Waals surface area contributed by atoms with E-state index in [0.717, 1.165) is 22.4 Å². The fourth-order valence-electron chi connectivity index (χ4n) is 4.94. The van der Waals surface area contributed by atoms with Crippen LogP contribution in [0.4, 0.5) is 5.69 Å². The summed E-state index contributed by atoms with van der Waals surface area (Å²) in [4.78, 5) is 15.7. The smallest absolute Gasteiger partial charge is 0.245 e. The van der Waals surface area contributed by atoms with Gasteiger partial charge in [-0.1, -0.05) is 48.0 Å². The summed E-state index contributed by atoms with van der Waals surface area (Å²) >= 11 is 0. The molecular formula is C26H26N2O4S. The van der Waals surface area contributed by atoms with E-state index >= 15 is 0 Å². The average molecular weight is 463 g/mol. The van der Waals surface area contributed by atoms with E-state index in [9.17, 15) is 18.3 Å². The van der Waals surface area contributed by atoms with E-state index in [-0.39, 0.29) is 22.5 Å². The number of nitrogens with zero attached hydrogens (tertiary/aromatic N) is 2. The van der Waals surface area contributed by atoms with Gasteiger partial charge in [-0.3, -0.25) is 4.79 Å². The minimum atomic E-state index is -3.78. The maximum Gasteiger partial charge on any atom is 0.245 e. The van der Waals surface area contributed by atoms with Gasteiger partial charge in [0.25, 0.3) is 0 Å². The van der Waals surface area contributed by atoms with Gasteiger partial charge in [-0.15, -0.1) is 0 Å². The number of benzene rings is 3. The topological polar surface area (TPSA) is 77.9 Å². The Morgan fingerprint density at radius 3 is 2.52 bits per heavy atom. The van der Waals surface area contributed by atoms with Gasteiger partial charge in [-0.25, -0.2) is 8.42 Å². The third kappa shape index (κ3) is 3.81. The monoisotopic (exact) mass is 462 g/mol. The molecule has 170 valence electrons. The van der Waals surface area contributed by atoms with Crippen LogP contribution in [0, 0.1) is 6.92 Å². The summed E-state index contributed by atoms with van der Waals surface area (Å²) < 4.78 is 28.1. The maximum atomic E-state index is 13.8. The first-order chi connectivity index (χ1) is 15.9. The Bertz CT molecular complexity index is 1300. The van der Waals surface area contributed by atoms with Crippen molar-refractivity contribution in [1.82, 2.24) is 4.31 Å². The van der Waals surface area contributed by atoms with E-state index in [1.54, 1.807) is 47.4 Å². The highest BCUT2D eigenvalue weighted by Crippen LogP contribution is 2.42. The molecule has 6 nitrogen and oxygen atoms in total. The molecule has 0 saturated carbocycles. The van der Waals surface area contributed by atoms with Gasteiger partial charge in [0.15, 0.2) is 0 Å². The number of hydrogen-bond acceptors (Lipinski definition) is 4. The molecule has 3 aromatic carbocycles. The van der Waals surface area contributed by atoms with E-state index in [2.05, 4.69) is 0 Å². The van der Waals surface area contributed by atoms with Crippen LogP contribution in [0.5, 0.6) is 5.75 Å². The van der Waals surface area contributed by atoms with Crippen LogP contribution >= 0.6 is 0 Å². The van der Waals surface area contributed by atoms with Crippen molar-refractivity contribution in [2.24, 2.45) is 0 Å². The normalized spacial score (nSPS) is 20.7. The van der Waals surface area contributed by atoms with Gasteiger partial charge >= 0.3 is 0 Å². The molecule has 3 aromatic rings. The number of sulfonamides is 1. The van der Waals surface area contributed by atoms with Crippen molar-refractivity contribution < 1.29 is 18.3 Å². The molecule has 1 saturated heterocycles. The second-order valence-electron chi connectivity index (χ2n) is 8.74. The Morgan fingerprint density at radius 2 is 1.76 bits per heavy atom. The predicted octanol–water partition coefficient (Wildman–Crippen LogP) is 4.03. The molecule has 1 unspecified atom stereocenters. The molecule has 2 aliphatic heterocycles. The summed E-state index contributed by atoms with van der Waals surface area (Å²) in [6, 6.07) is 20.8. The molecule has 2 aliphatic rings. The summed E-state index contributed by atoms with van der Waals surface area (Å²) in [5.74, 6) is -0.0972. The van der Waals surface area contributed by atoms with Crippen LogP contribution in [-0.2, 0) is 14.8 Å². The number of aryl methyl sites for hydroxylation is 1. The molecule has 5 rings (SSSR count). The standard InChI is InChI=1S/C26H26N2O4S/c1-18-11-13-21(14-12-18)33(31,32)28-15-5-10-25(28)26(30)27-17-23(19-6-4-7-20(29)16-19)22-8-2-3-9-24(22)27/h2-4,6-9,11-14,16,23,25,29H,5,10,15,17H2,1H3/t23?,25-/m1/s1. The fourth-order valence-corrected chi connectivity index (χ4v) is 6.59. The summed E-state index contributed by atoms with van der Waals surface area (Å²) in [6.07, 6.45) is 1.15. The second-order valence-corrected chi connectivity index (χ2v) is 10.6. The van der Waals surface area contributed by atoms with E-state index in [1.807, 2.05) is 37.3 Å². The Hall–Kier alpha value is -3.16. The van der Waals surface area contributed by atoms with Crippen molar-refractivity contribution in [3.05, 3.63) is 89.5 Å². The zero-order valence-electron chi connectivity index (χ0n) is 18.4. The number of phenolic OH excluding ortho intramolecular Hbond substituents is 1. The highest BCUT2D eigenvalue weighted by Gasteiger charge is 2.44. The van der Waals surface area contributed by atoms with Crippen LogP contribution in [-0.4, -0.2) is 42.9 Å². The third-order valence-corrected chi connectivity index (χ3v) is 8.55. The number of carbonyl (C=O) groups is 1. The van der Waals surface area contributed by atoms with Crippen LogP contribution in [0.15, 0.2) is 77.7 Å². The second kappa shape index (κ2) is 8.32. The lowest BCUT2D eigenvalue weighted by Crippen LogP contribution is -2.47. The Morgan fingerprint density at radius 1 is 1.00 bits per heavy atom. The van der Waals surface area contributed by atoms with Crippen molar-refractivity contribution in [3.8, 4) is 5.75 Å². The summed E-state index contributed by atoms with van der Waals surface area (Å²) in [7, 11) is -3.78. The number of para-hydroxylation sites is 1. The van der Waals surface area contributed by atoms with Crippen molar-refractivity contribution >= 4 is 21.6 Å². The zero-order valence-corrected chi connectivity index (χ0v) is 19.2. The lowest BCUT2D eigenvalue weighted by molar-refractivity contribution is -0.121. The van der Waals surface area contributed by atoms with E-state index in [0.29, 0.717) is 25.9 Å². The number of rotatable bonds is 4. The van der Waals surface area contributed by atoms with E-state index < -0.39 is 16.1 Å². The number of phenols is 1. The van der Waals surface area contributed by atoms with Crippen LogP contribution in [0.1, 0.15) is 35.4 Å². The number of carbonyl (C=O) groups excluding carboxylic acids is 1. The van der Waals surface area contributed by atoms with Gasteiger partial charge in [0.1, 0.15) is 11.8 Å². The van der Waals surface area contributed by atoms with Crippen molar-refractivity contribution in [3.63, 3.8) is 0 Å². The summed E-state index contributed by atoms with van der Waals surface area (Å²) in [5, 5.41) is 9.96.